The van der Waals surface area contributed by atoms with Crippen LogP contribution in [-0.2, 0) is 4.74 Å². The number of esters is 1. The Morgan fingerprint density at radius 2 is 2.00 bits per heavy atom. The minimum atomic E-state index is -4.48. The van der Waals surface area contributed by atoms with Crippen LogP contribution in [-0.4, -0.2) is 28.5 Å². The van der Waals surface area contributed by atoms with E-state index in [1.807, 2.05) is 24.3 Å². The van der Waals surface area contributed by atoms with Crippen molar-refractivity contribution < 1.29 is 22.7 Å². The summed E-state index contributed by atoms with van der Waals surface area (Å²) < 4.78 is 46.7. The number of anilines is 1. The van der Waals surface area contributed by atoms with Crippen LogP contribution in [0.15, 0.2) is 30.5 Å². The third kappa shape index (κ3) is 3.79. The number of carbonyl (C=O) groups excluding carboxylic acids is 1. The molecule has 1 aromatic carbocycles. The summed E-state index contributed by atoms with van der Waals surface area (Å²) in [5.74, 6) is -0.318. The van der Waals surface area contributed by atoms with E-state index >= 15 is 0 Å². The number of fused-ring (bicyclic) bond motifs is 1. The standard InChI is InChI=1S/C19H22F3N3O2/c1-4-27-18(26)14-10-23-25-16(19(20,21)22)9-15(24-17(14)25)13-7-5-12(6-8-13)11(2)3/h5-8,10-11,15-16,24H,4,9H2,1-3H3/t15-,16+/m1/s1. The van der Waals surface area contributed by atoms with Crippen LogP contribution in [0, 0.1) is 0 Å². The fourth-order valence-corrected chi connectivity index (χ4v) is 3.25. The summed E-state index contributed by atoms with van der Waals surface area (Å²) in [5, 5.41) is 6.86. The lowest BCUT2D eigenvalue weighted by Crippen LogP contribution is -2.36. The van der Waals surface area contributed by atoms with Gasteiger partial charge in [-0.25, -0.2) is 9.48 Å². The molecule has 2 atom stereocenters. The number of nitrogens with one attached hydrogen (secondary N) is 1. The lowest BCUT2D eigenvalue weighted by atomic mass is 9.94. The molecule has 3 rings (SSSR count). The van der Waals surface area contributed by atoms with Crippen molar-refractivity contribution in [3.05, 3.63) is 47.2 Å². The van der Waals surface area contributed by atoms with E-state index in [1.165, 1.54) is 0 Å². The van der Waals surface area contributed by atoms with Crippen LogP contribution in [0.25, 0.3) is 0 Å². The quantitative estimate of drug-likeness (QED) is 0.770. The monoisotopic (exact) mass is 381 g/mol. The number of carbonyl (C=O) groups is 1. The van der Waals surface area contributed by atoms with E-state index < -0.39 is 24.2 Å². The van der Waals surface area contributed by atoms with E-state index in [1.54, 1.807) is 6.92 Å². The number of alkyl halides is 3. The molecule has 0 unspecified atom stereocenters. The van der Waals surface area contributed by atoms with Crippen molar-refractivity contribution in [1.82, 2.24) is 9.78 Å². The molecule has 146 valence electrons. The van der Waals surface area contributed by atoms with Crippen LogP contribution in [0.5, 0.6) is 0 Å². The van der Waals surface area contributed by atoms with Gasteiger partial charge in [-0.3, -0.25) is 0 Å². The van der Waals surface area contributed by atoms with Gasteiger partial charge in [0.2, 0.25) is 0 Å². The summed E-state index contributed by atoms with van der Waals surface area (Å²) in [6.07, 6.45) is -3.56. The SMILES string of the molecule is CCOC(=O)c1cnn2c1N[C@@H](c1ccc(C(C)C)cc1)C[C@H]2C(F)(F)F. The molecule has 2 aromatic rings. The molecule has 1 N–H and O–H groups in total. The zero-order chi connectivity index (χ0) is 19.8. The second-order valence-corrected chi connectivity index (χ2v) is 6.88. The molecular weight excluding hydrogens is 359 g/mol. The lowest BCUT2D eigenvalue weighted by Gasteiger charge is -2.34. The molecule has 2 heterocycles. The number of nitrogens with zero attached hydrogens (tertiary/aromatic N) is 2. The van der Waals surface area contributed by atoms with E-state index in [0.717, 1.165) is 22.0 Å². The predicted octanol–water partition coefficient (Wildman–Crippen LogP) is 4.84. The van der Waals surface area contributed by atoms with Crippen molar-refractivity contribution in [1.29, 1.82) is 0 Å². The van der Waals surface area contributed by atoms with Crippen molar-refractivity contribution >= 4 is 11.8 Å². The molecule has 0 bridgehead atoms. The Morgan fingerprint density at radius 1 is 1.33 bits per heavy atom. The molecular formula is C19H22F3N3O2. The summed E-state index contributed by atoms with van der Waals surface area (Å²) >= 11 is 0. The summed E-state index contributed by atoms with van der Waals surface area (Å²) in [5.41, 5.74) is 1.85. The van der Waals surface area contributed by atoms with E-state index in [2.05, 4.69) is 24.3 Å². The van der Waals surface area contributed by atoms with Crippen molar-refractivity contribution in [3.63, 3.8) is 0 Å². The normalized spacial score (nSPS) is 19.5. The summed E-state index contributed by atoms with van der Waals surface area (Å²) in [6.45, 7) is 5.88. The Balaban J connectivity index is 1.98. The Hall–Kier alpha value is -2.51. The van der Waals surface area contributed by atoms with Gasteiger partial charge < -0.3 is 10.1 Å². The van der Waals surface area contributed by atoms with Crippen LogP contribution in [0.4, 0.5) is 19.0 Å². The average molecular weight is 381 g/mol. The third-order valence-corrected chi connectivity index (χ3v) is 4.74. The Labute approximate surface area is 155 Å². The maximum atomic E-state index is 13.6. The van der Waals surface area contributed by atoms with E-state index in [0.29, 0.717) is 5.92 Å². The highest BCUT2D eigenvalue weighted by molar-refractivity contribution is 5.94. The molecule has 0 fully saturated rings. The number of ether oxygens (including phenoxy) is 1. The van der Waals surface area contributed by atoms with E-state index in [4.69, 9.17) is 4.74 Å². The van der Waals surface area contributed by atoms with Crippen LogP contribution < -0.4 is 5.32 Å². The van der Waals surface area contributed by atoms with Crippen molar-refractivity contribution in [2.24, 2.45) is 0 Å². The maximum absolute atomic E-state index is 13.6. The predicted molar refractivity (Wildman–Crippen MR) is 94.8 cm³/mol. The Kier molecular flexibility index (Phi) is 5.17. The molecule has 0 aliphatic carbocycles. The van der Waals surface area contributed by atoms with Crippen LogP contribution >= 0.6 is 0 Å². The number of hydrogen-bond acceptors (Lipinski definition) is 4. The molecule has 0 spiro atoms. The van der Waals surface area contributed by atoms with Gasteiger partial charge >= 0.3 is 12.1 Å². The smallest absolute Gasteiger partial charge is 0.410 e. The lowest BCUT2D eigenvalue weighted by molar-refractivity contribution is -0.173. The molecule has 0 saturated carbocycles. The number of benzene rings is 1. The minimum absolute atomic E-state index is 0.00889. The molecule has 1 aliphatic heterocycles. The number of halogens is 3. The van der Waals surface area contributed by atoms with Gasteiger partial charge in [0.15, 0.2) is 6.04 Å². The highest BCUT2D eigenvalue weighted by Gasteiger charge is 2.47. The van der Waals surface area contributed by atoms with Gasteiger partial charge in [0.1, 0.15) is 11.4 Å². The van der Waals surface area contributed by atoms with E-state index in [-0.39, 0.29) is 24.4 Å². The summed E-state index contributed by atoms with van der Waals surface area (Å²) in [7, 11) is 0. The van der Waals surface area contributed by atoms with Crippen LogP contribution in [0.1, 0.15) is 66.7 Å². The topological polar surface area (TPSA) is 56.1 Å². The first-order valence-corrected chi connectivity index (χ1v) is 8.90. The summed E-state index contributed by atoms with van der Waals surface area (Å²) in [6, 6.07) is 5.10. The summed E-state index contributed by atoms with van der Waals surface area (Å²) in [4.78, 5) is 12.1. The number of aromatic nitrogens is 2. The Bertz CT molecular complexity index is 813. The second kappa shape index (κ2) is 7.25. The second-order valence-electron chi connectivity index (χ2n) is 6.88. The van der Waals surface area contributed by atoms with Crippen LogP contribution in [0.2, 0.25) is 0 Å². The maximum Gasteiger partial charge on any atom is 0.410 e. The molecule has 0 radical (unpaired) electrons. The zero-order valence-electron chi connectivity index (χ0n) is 15.4. The van der Waals surface area contributed by atoms with Gasteiger partial charge in [0.25, 0.3) is 0 Å². The van der Waals surface area contributed by atoms with Gasteiger partial charge in [-0.05, 0) is 24.0 Å². The van der Waals surface area contributed by atoms with Gasteiger partial charge in [-0.15, -0.1) is 0 Å². The van der Waals surface area contributed by atoms with Gasteiger partial charge in [0, 0.05) is 6.42 Å². The molecule has 1 aromatic heterocycles. The van der Waals surface area contributed by atoms with Crippen molar-refractivity contribution in [2.75, 3.05) is 11.9 Å². The largest absolute Gasteiger partial charge is 0.462 e. The highest BCUT2D eigenvalue weighted by atomic mass is 19.4. The number of hydrogen-bond donors (Lipinski definition) is 1. The zero-order valence-corrected chi connectivity index (χ0v) is 15.4. The Morgan fingerprint density at radius 3 is 2.56 bits per heavy atom. The highest BCUT2D eigenvalue weighted by Crippen LogP contribution is 2.44. The van der Waals surface area contributed by atoms with Crippen molar-refractivity contribution in [2.45, 2.75) is 51.4 Å². The first kappa shape index (κ1) is 19.3. The fourth-order valence-electron chi connectivity index (χ4n) is 3.25. The van der Waals surface area contributed by atoms with E-state index in [9.17, 15) is 18.0 Å². The van der Waals surface area contributed by atoms with Gasteiger partial charge in [-0.2, -0.15) is 18.3 Å². The average Bonchev–Trinajstić information content (AvgIpc) is 3.04. The fraction of sp³-hybridized carbons (Fsp3) is 0.474. The molecule has 1 aliphatic rings. The molecule has 8 heteroatoms. The minimum Gasteiger partial charge on any atom is -0.462 e. The molecule has 27 heavy (non-hydrogen) atoms. The van der Waals surface area contributed by atoms with Gasteiger partial charge in [-0.1, -0.05) is 38.1 Å². The molecule has 0 saturated heterocycles. The van der Waals surface area contributed by atoms with Crippen molar-refractivity contribution in [3.8, 4) is 0 Å². The number of rotatable bonds is 4. The molecule has 0 amide bonds. The third-order valence-electron chi connectivity index (χ3n) is 4.74. The first-order chi connectivity index (χ1) is 12.7. The first-order valence-electron chi connectivity index (χ1n) is 8.90. The van der Waals surface area contributed by atoms with Crippen LogP contribution in [0.3, 0.4) is 0 Å². The molecule has 5 nitrogen and oxygen atoms in total. The van der Waals surface area contributed by atoms with Gasteiger partial charge in [0.05, 0.1) is 18.8 Å².